The summed E-state index contributed by atoms with van der Waals surface area (Å²) in [5.74, 6) is 17.9. The molecule has 0 aliphatic carbocycles. The summed E-state index contributed by atoms with van der Waals surface area (Å²) in [5.41, 5.74) is 16.5. The minimum atomic E-state index is -0.400. The van der Waals surface area contributed by atoms with Gasteiger partial charge in [0.15, 0.2) is 0 Å². The maximum atomic E-state index is 14.9. The molecule has 147 heavy (non-hydrogen) atoms. The molecule has 0 atom stereocenters. The van der Waals surface area contributed by atoms with Crippen LogP contribution in [0.3, 0.4) is 0 Å². The molecule has 23 aromatic rings. The van der Waals surface area contributed by atoms with Crippen molar-refractivity contribution in [1.29, 1.82) is 0 Å². The van der Waals surface area contributed by atoms with Crippen LogP contribution in [0.4, 0.5) is 17.1 Å². The minimum absolute atomic E-state index is 0.327. The van der Waals surface area contributed by atoms with E-state index in [9.17, 15) is 38.4 Å². The molecule has 0 aromatic heterocycles. The minimum Gasteiger partial charge on any atom is -0.457 e. The van der Waals surface area contributed by atoms with Crippen LogP contribution in [-0.2, 0) is 0 Å². The van der Waals surface area contributed by atoms with Crippen LogP contribution in [0, 0.1) is 98.3 Å². The Morgan fingerprint density at radius 1 is 0.238 bits per heavy atom. The molecule has 0 saturated carbocycles. The Balaban J connectivity index is 0.000000179. The van der Waals surface area contributed by atoms with Crippen LogP contribution < -0.4 is 28.9 Å². The van der Waals surface area contributed by atoms with Gasteiger partial charge in [0.05, 0.1) is 17.1 Å². The third-order valence-corrected chi connectivity index (χ3v) is 29.6. The van der Waals surface area contributed by atoms with E-state index in [1.165, 1.54) is 20.3 Å². The highest BCUT2D eigenvalue weighted by Crippen LogP contribution is 2.53. The zero-order valence-corrected chi connectivity index (χ0v) is 83.9. The molecule has 0 spiro atoms. The largest absolute Gasteiger partial charge is 0.457 e. The summed E-state index contributed by atoms with van der Waals surface area (Å²) in [6.45, 7) is 17.4. The van der Waals surface area contributed by atoms with E-state index in [0.29, 0.717) is 122 Å². The summed E-state index contributed by atoms with van der Waals surface area (Å²) < 4.78 is 21.1. The van der Waals surface area contributed by atoms with Crippen LogP contribution in [0.2, 0.25) is 0 Å². The zero-order chi connectivity index (χ0) is 101. The molecule has 0 unspecified atom stereocenters. The number of rotatable bonds is 11. The van der Waals surface area contributed by atoms with Gasteiger partial charge in [-0.05, 0) is 358 Å². The molecule has 3 heterocycles. The summed E-state index contributed by atoms with van der Waals surface area (Å²) >= 11 is 6.53. The number of carbonyl (C=O) groups is 8. The lowest BCUT2D eigenvalue weighted by Gasteiger charge is -2.30. The van der Waals surface area contributed by atoms with Gasteiger partial charge < -0.3 is 14.2 Å². The highest BCUT2D eigenvalue weighted by Gasteiger charge is 2.42. The number of hydrogen-bond acceptors (Lipinski definition) is 11. The van der Waals surface area contributed by atoms with E-state index >= 15 is 0 Å². The Labute approximate surface area is 860 Å². The van der Waals surface area contributed by atoms with Crippen molar-refractivity contribution in [3.8, 4) is 70.5 Å². The molecular formula is C131H81Br2N3O11. The molecule has 6 amide bonds. The molecule has 14 nitrogen and oxygen atoms in total. The molecule has 16 heteroatoms. The fraction of sp³-hybridized carbons (Fsp3) is 0.0687. The number of aryl methyl sites for hydroxylation is 9. The van der Waals surface area contributed by atoms with Crippen molar-refractivity contribution in [2.45, 2.75) is 62.3 Å². The number of ether oxygens (including phenoxy) is 3. The van der Waals surface area contributed by atoms with E-state index in [1.807, 2.05) is 286 Å². The fourth-order valence-electron chi connectivity index (χ4n) is 22.4. The standard InChI is InChI=1S/C85H52N2O7.C39H25NO3.C7H4Br2O/c1-45-13-21-56(22-14-45)93-72-35-33-60-64-27-31-70-78-68(29-25-62(76(64)78)58-9-7-11-66(72)74(58)60)82(89)86(84(70)91)80-47(3)37-51(38-48(80)4)17-19-53-41-54(43-55(42-53)44-88)20-18-52-39-49(5)81(50(6)40-52)87-83(90)69-30-26-63-59-10-8-12-67-73(94-57-23-15-46(2)16-24-57)36-34-61(75(59)67)65-28-32-71(85(87)92)79(69)77(63)65;1-5-24-19-22(3)37(23(4)20-24)40-38(41)31-15-13-28-26-7-6-8-30-33(43-25-11-9-21(2)10-12-25)18-17-27(34(26)30)29-14-16-32(39(40)42)36(31)35(28)29;8-6-1-5(4-10)2-7(9)3-6/h7-16,21-44H,1-6H3;1,6-20H,2-4H3;1-4H. The topological polar surface area (TPSA) is 174 Å². The summed E-state index contributed by atoms with van der Waals surface area (Å²) in [6, 6.07) is 99.8. The monoisotopic (exact) mass is 2030 g/mol. The summed E-state index contributed by atoms with van der Waals surface area (Å²) in [6.07, 6.45) is 7.21. The van der Waals surface area contributed by atoms with Crippen LogP contribution in [-0.4, -0.2) is 48.0 Å². The van der Waals surface area contributed by atoms with Gasteiger partial charge in [0.2, 0.25) is 0 Å². The van der Waals surface area contributed by atoms with Gasteiger partial charge in [0.1, 0.15) is 47.1 Å². The van der Waals surface area contributed by atoms with E-state index in [-0.39, 0.29) is 11.8 Å². The van der Waals surface area contributed by atoms with Gasteiger partial charge in [-0.1, -0.05) is 206 Å². The number of amides is 6. The number of benzene rings is 23. The first kappa shape index (κ1) is 91.3. The smallest absolute Gasteiger partial charge is 0.266 e. The SMILES string of the molecule is C#Cc1cc(C)c(N2C(=O)c3ccc4c5cccc6c(Oc7ccc(C)cc7)ccc(c7ccc(c3c47)C2=O)c65)c(C)c1.Cc1ccc(Oc2ccc3c4ccc5c6c(ccc(c7cccc2c73)c64)C(=O)N(c2c(C)cc(C#Cc3cc(C#Cc4cc(C)c(N6C(=O)c7ccc8c9cccc%10c(Oc%11ccc(C)cc%11)ccc(c%11ccc(c7c8%11)C6=O)c%109)c(C)c4)cc(C=O)c3)cc2C)C5=O)cc1.O=Cc1cc(Br)cc(Br)c1. The van der Waals surface area contributed by atoms with Crippen molar-refractivity contribution < 1.29 is 52.6 Å². The lowest BCUT2D eigenvalue weighted by molar-refractivity contribution is 0.0877. The average Bonchev–Trinajstić information content (AvgIpc) is 0.701. The number of terminal acetylenes is 1. The summed E-state index contributed by atoms with van der Waals surface area (Å²) in [4.78, 5) is 114. The molecule has 700 valence electrons. The Bertz CT molecular complexity index is 9400. The predicted molar refractivity (Wildman–Crippen MR) is 597 cm³/mol. The van der Waals surface area contributed by atoms with Crippen molar-refractivity contribution in [1.82, 2.24) is 0 Å². The molecular weight excluding hydrogens is 1950 g/mol. The number of halogens is 2. The number of anilines is 3. The number of imide groups is 3. The van der Waals surface area contributed by atoms with Gasteiger partial charge in [-0.15, -0.1) is 6.42 Å². The lowest BCUT2D eigenvalue weighted by atomic mass is 9.84. The maximum absolute atomic E-state index is 14.9. The highest BCUT2D eigenvalue weighted by molar-refractivity contribution is 9.11. The number of aldehydes is 2. The molecule has 0 bridgehead atoms. The fourth-order valence-corrected chi connectivity index (χ4v) is 23.7. The molecule has 0 fully saturated rings. The van der Waals surface area contributed by atoms with Gasteiger partial charge in [0, 0.05) is 130 Å². The third-order valence-electron chi connectivity index (χ3n) is 28.7. The van der Waals surface area contributed by atoms with Crippen molar-refractivity contribution in [2.24, 2.45) is 0 Å². The average molecular weight is 2030 g/mol. The highest BCUT2D eigenvalue weighted by atomic mass is 79.9. The van der Waals surface area contributed by atoms with Gasteiger partial charge in [-0.3, -0.25) is 38.4 Å². The van der Waals surface area contributed by atoms with Crippen LogP contribution in [0.25, 0.3) is 129 Å². The summed E-state index contributed by atoms with van der Waals surface area (Å²) in [5, 5.41) is 22.8. The maximum Gasteiger partial charge on any atom is 0.266 e. The third kappa shape index (κ3) is 15.0. The number of nitrogens with zero attached hydrogens (tertiary/aromatic N) is 3. The Kier molecular flexibility index (Phi) is 22.0. The van der Waals surface area contributed by atoms with Crippen LogP contribution in [0.15, 0.2) is 318 Å². The van der Waals surface area contributed by atoms with Gasteiger partial charge in [-0.2, -0.15) is 0 Å². The summed E-state index contributed by atoms with van der Waals surface area (Å²) in [7, 11) is 0. The molecule has 23 aromatic carbocycles. The Hall–Kier alpha value is -18.2. The van der Waals surface area contributed by atoms with E-state index < -0.39 is 23.6 Å². The van der Waals surface area contributed by atoms with Crippen molar-refractivity contribution >= 4 is 226 Å². The molecule has 0 saturated heterocycles. The van der Waals surface area contributed by atoms with Crippen LogP contribution >= 0.6 is 31.9 Å². The normalized spacial score (nSPS) is 12.7. The number of carbonyl (C=O) groups excluding carboxylic acids is 8. The molecule has 0 N–H and O–H groups in total. The lowest BCUT2D eigenvalue weighted by Crippen LogP contribution is -2.41. The van der Waals surface area contributed by atoms with E-state index in [4.69, 9.17) is 20.6 Å². The van der Waals surface area contributed by atoms with Gasteiger partial charge in [-0.25, -0.2) is 14.7 Å². The van der Waals surface area contributed by atoms with Crippen molar-refractivity contribution in [3.05, 3.63) is 441 Å². The molecule has 0 radical (unpaired) electrons. The van der Waals surface area contributed by atoms with Crippen molar-refractivity contribution in [2.75, 3.05) is 14.7 Å². The van der Waals surface area contributed by atoms with Crippen molar-refractivity contribution in [3.63, 3.8) is 0 Å². The first-order chi connectivity index (χ1) is 71.2. The second kappa shape index (κ2) is 35.4. The second-order valence-electron chi connectivity index (χ2n) is 38.1. The second-order valence-corrected chi connectivity index (χ2v) is 39.9. The number of fused-ring (bicyclic) bond motifs is 6. The Morgan fingerprint density at radius 3 is 0.721 bits per heavy atom. The van der Waals surface area contributed by atoms with E-state index in [2.05, 4.69) is 123 Å². The van der Waals surface area contributed by atoms with Crippen LogP contribution in [0.1, 0.15) is 161 Å². The quantitative estimate of drug-likeness (QED) is 0.0396. The van der Waals surface area contributed by atoms with E-state index in [1.54, 1.807) is 24.3 Å². The molecule has 3 aliphatic heterocycles. The van der Waals surface area contributed by atoms with Crippen LogP contribution in [0.5, 0.6) is 34.5 Å². The van der Waals surface area contributed by atoms with Gasteiger partial charge in [0.25, 0.3) is 35.4 Å². The van der Waals surface area contributed by atoms with E-state index in [0.717, 1.165) is 197 Å². The van der Waals surface area contributed by atoms with Gasteiger partial charge >= 0.3 is 0 Å². The predicted octanol–water partition coefficient (Wildman–Crippen LogP) is 31.7. The zero-order valence-electron chi connectivity index (χ0n) is 80.8. The Morgan fingerprint density at radius 2 is 0.463 bits per heavy atom. The first-order valence-electron chi connectivity index (χ1n) is 48.0. The molecule has 3 aliphatic rings. The first-order valence-corrected chi connectivity index (χ1v) is 49.6. The molecule has 26 rings (SSSR count). The number of hydrogen-bond donors (Lipinski definition) is 0.